The zero-order valence-corrected chi connectivity index (χ0v) is 13.5. The van der Waals surface area contributed by atoms with E-state index in [1.807, 2.05) is 0 Å². The summed E-state index contributed by atoms with van der Waals surface area (Å²) < 4.78 is 51.6. The molecule has 0 aromatic heterocycles. The third-order valence-corrected chi connectivity index (χ3v) is 5.50. The summed E-state index contributed by atoms with van der Waals surface area (Å²) in [5.74, 6) is -0.504. The molecule has 124 valence electrons. The highest BCUT2D eigenvalue weighted by molar-refractivity contribution is 7.89. The van der Waals surface area contributed by atoms with Crippen LogP contribution in [0.2, 0.25) is 0 Å². The lowest BCUT2D eigenvalue weighted by Crippen LogP contribution is -2.40. The lowest BCUT2D eigenvalue weighted by Gasteiger charge is -2.20. The zero-order chi connectivity index (χ0) is 16.3. The summed E-state index contributed by atoms with van der Waals surface area (Å²) >= 11 is 0. The Balaban J connectivity index is 2.33. The van der Waals surface area contributed by atoms with Crippen LogP contribution >= 0.6 is 0 Å². The standard InChI is InChI=1S/C14H21FN2O4S/c1-20-12-6-10(15)14(7-13(12)21-2)22(18,19)17-11-5-3-4-9(11)8-16/h6-7,9,11,17H,3-5,8,16H2,1-2H3/t9-,11+/m1/s1. The van der Waals surface area contributed by atoms with Crippen molar-refractivity contribution in [2.75, 3.05) is 20.8 Å². The van der Waals surface area contributed by atoms with Crippen molar-refractivity contribution >= 4 is 10.0 Å². The van der Waals surface area contributed by atoms with E-state index in [2.05, 4.69) is 4.72 Å². The Morgan fingerprint density at radius 3 is 2.50 bits per heavy atom. The van der Waals surface area contributed by atoms with Crippen LogP contribution in [0.25, 0.3) is 0 Å². The Hall–Kier alpha value is -1.38. The molecule has 1 aromatic rings. The highest BCUT2D eigenvalue weighted by Gasteiger charge is 2.32. The van der Waals surface area contributed by atoms with Crippen molar-refractivity contribution in [1.82, 2.24) is 4.72 Å². The lowest BCUT2D eigenvalue weighted by molar-refractivity contribution is 0.350. The number of sulfonamides is 1. The molecule has 0 amide bonds. The van der Waals surface area contributed by atoms with Gasteiger partial charge in [-0.15, -0.1) is 0 Å². The molecule has 8 heteroatoms. The maximum absolute atomic E-state index is 14.1. The predicted molar refractivity (Wildman–Crippen MR) is 80.0 cm³/mol. The number of benzene rings is 1. The molecule has 0 spiro atoms. The van der Waals surface area contributed by atoms with Gasteiger partial charge in [0.25, 0.3) is 0 Å². The fourth-order valence-corrected chi connectivity index (χ4v) is 4.19. The molecule has 22 heavy (non-hydrogen) atoms. The number of halogens is 1. The molecular formula is C14H21FN2O4S. The maximum Gasteiger partial charge on any atom is 0.243 e. The summed E-state index contributed by atoms with van der Waals surface area (Å²) in [6.45, 7) is 0.404. The van der Waals surface area contributed by atoms with Gasteiger partial charge in [-0.2, -0.15) is 0 Å². The molecule has 6 nitrogen and oxygen atoms in total. The number of hydrogen-bond donors (Lipinski definition) is 2. The summed E-state index contributed by atoms with van der Waals surface area (Å²) in [5.41, 5.74) is 5.65. The van der Waals surface area contributed by atoms with Crippen LogP contribution in [0.4, 0.5) is 4.39 Å². The monoisotopic (exact) mass is 332 g/mol. The van der Waals surface area contributed by atoms with Crippen LogP contribution in [0.1, 0.15) is 19.3 Å². The Morgan fingerprint density at radius 1 is 1.27 bits per heavy atom. The van der Waals surface area contributed by atoms with Crippen LogP contribution in [0.15, 0.2) is 17.0 Å². The van der Waals surface area contributed by atoms with Crippen LogP contribution in [0.5, 0.6) is 11.5 Å². The van der Waals surface area contributed by atoms with Gasteiger partial charge in [-0.25, -0.2) is 17.5 Å². The minimum Gasteiger partial charge on any atom is -0.493 e. The topological polar surface area (TPSA) is 90.7 Å². The van der Waals surface area contributed by atoms with E-state index in [1.54, 1.807) is 0 Å². The van der Waals surface area contributed by atoms with Gasteiger partial charge in [0, 0.05) is 18.2 Å². The number of ether oxygens (including phenoxy) is 2. The first-order valence-corrected chi connectivity index (χ1v) is 8.55. The molecule has 1 fully saturated rings. The molecule has 1 saturated carbocycles. The molecule has 0 heterocycles. The maximum atomic E-state index is 14.1. The van der Waals surface area contributed by atoms with Crippen LogP contribution in [0, 0.1) is 11.7 Å². The molecule has 2 rings (SSSR count). The molecular weight excluding hydrogens is 311 g/mol. The van der Waals surface area contributed by atoms with Crippen LogP contribution in [-0.2, 0) is 10.0 Å². The van der Waals surface area contributed by atoms with Crippen molar-refractivity contribution in [3.63, 3.8) is 0 Å². The van der Waals surface area contributed by atoms with E-state index in [0.29, 0.717) is 13.0 Å². The third kappa shape index (κ3) is 3.34. The fraction of sp³-hybridized carbons (Fsp3) is 0.571. The van der Waals surface area contributed by atoms with E-state index in [0.717, 1.165) is 25.0 Å². The SMILES string of the molecule is COc1cc(F)c(S(=O)(=O)N[C@H]2CCC[C@@H]2CN)cc1OC. The van der Waals surface area contributed by atoms with Crippen LogP contribution < -0.4 is 19.9 Å². The molecule has 0 aliphatic heterocycles. The summed E-state index contributed by atoms with van der Waals surface area (Å²) in [6.07, 6.45) is 2.48. The van der Waals surface area contributed by atoms with Crippen molar-refractivity contribution in [3.05, 3.63) is 17.9 Å². The van der Waals surface area contributed by atoms with Crippen LogP contribution in [0.3, 0.4) is 0 Å². The normalized spacial score (nSPS) is 21.8. The molecule has 0 bridgehead atoms. The number of nitrogens with one attached hydrogen (secondary N) is 1. The smallest absolute Gasteiger partial charge is 0.243 e. The number of rotatable bonds is 6. The minimum absolute atomic E-state index is 0.0815. The zero-order valence-electron chi connectivity index (χ0n) is 12.6. The van der Waals surface area contributed by atoms with Gasteiger partial charge >= 0.3 is 0 Å². The van der Waals surface area contributed by atoms with Crippen LogP contribution in [-0.4, -0.2) is 35.2 Å². The number of nitrogens with two attached hydrogens (primary N) is 1. The van der Waals surface area contributed by atoms with Crippen molar-refractivity contribution < 1.29 is 22.3 Å². The van der Waals surface area contributed by atoms with E-state index in [1.165, 1.54) is 14.2 Å². The van der Waals surface area contributed by atoms with E-state index in [-0.39, 0.29) is 23.5 Å². The van der Waals surface area contributed by atoms with E-state index in [9.17, 15) is 12.8 Å². The quantitative estimate of drug-likeness (QED) is 0.818. The lowest BCUT2D eigenvalue weighted by atomic mass is 10.1. The summed E-state index contributed by atoms with van der Waals surface area (Å²) in [5, 5.41) is 0. The molecule has 0 unspecified atom stereocenters. The molecule has 1 aliphatic rings. The second-order valence-corrected chi connectivity index (χ2v) is 6.97. The average Bonchev–Trinajstić information content (AvgIpc) is 2.92. The van der Waals surface area contributed by atoms with Gasteiger partial charge in [0.15, 0.2) is 11.5 Å². The van der Waals surface area contributed by atoms with Crippen molar-refractivity contribution in [2.24, 2.45) is 11.7 Å². The third-order valence-electron chi connectivity index (χ3n) is 4.00. The molecule has 1 aromatic carbocycles. The average molecular weight is 332 g/mol. The largest absolute Gasteiger partial charge is 0.493 e. The van der Waals surface area contributed by atoms with Gasteiger partial charge in [0.2, 0.25) is 10.0 Å². The number of methoxy groups -OCH3 is 2. The van der Waals surface area contributed by atoms with E-state index >= 15 is 0 Å². The van der Waals surface area contributed by atoms with Gasteiger partial charge in [-0.05, 0) is 25.3 Å². The summed E-state index contributed by atoms with van der Waals surface area (Å²) in [6, 6.07) is 1.87. The first-order chi connectivity index (χ1) is 10.4. The first kappa shape index (κ1) is 17.0. The first-order valence-electron chi connectivity index (χ1n) is 7.07. The van der Waals surface area contributed by atoms with E-state index < -0.39 is 20.7 Å². The van der Waals surface area contributed by atoms with Gasteiger partial charge < -0.3 is 15.2 Å². The predicted octanol–water partition coefficient (Wildman–Crippen LogP) is 1.25. The molecule has 2 atom stereocenters. The van der Waals surface area contributed by atoms with Crippen molar-refractivity contribution in [1.29, 1.82) is 0 Å². The van der Waals surface area contributed by atoms with Crippen molar-refractivity contribution in [3.8, 4) is 11.5 Å². The molecule has 0 radical (unpaired) electrons. The van der Waals surface area contributed by atoms with Crippen molar-refractivity contribution in [2.45, 2.75) is 30.2 Å². The molecule has 1 aliphatic carbocycles. The van der Waals surface area contributed by atoms with Gasteiger partial charge in [-0.1, -0.05) is 6.42 Å². The van der Waals surface area contributed by atoms with Gasteiger partial charge in [-0.3, -0.25) is 0 Å². The second-order valence-electron chi connectivity index (χ2n) is 5.29. The molecule has 0 saturated heterocycles. The highest BCUT2D eigenvalue weighted by atomic mass is 32.2. The fourth-order valence-electron chi connectivity index (χ4n) is 2.78. The van der Waals surface area contributed by atoms with E-state index in [4.69, 9.17) is 15.2 Å². The molecule has 3 N–H and O–H groups in total. The Labute approximate surface area is 129 Å². The Bertz CT molecular complexity index is 636. The van der Waals surface area contributed by atoms with Gasteiger partial charge in [0.05, 0.1) is 14.2 Å². The highest BCUT2D eigenvalue weighted by Crippen LogP contribution is 2.33. The van der Waals surface area contributed by atoms with Gasteiger partial charge in [0.1, 0.15) is 10.7 Å². The summed E-state index contributed by atoms with van der Waals surface area (Å²) in [4.78, 5) is -0.451. The Kier molecular flexibility index (Phi) is 5.25. The minimum atomic E-state index is -3.99. The summed E-state index contributed by atoms with van der Waals surface area (Å²) in [7, 11) is -1.27. The number of hydrogen-bond acceptors (Lipinski definition) is 5. The second kappa shape index (κ2) is 6.80. The Morgan fingerprint density at radius 2 is 1.91 bits per heavy atom.